The Bertz CT molecular complexity index is 771. The molecule has 0 saturated carbocycles. The van der Waals surface area contributed by atoms with E-state index in [-0.39, 0.29) is 15.4 Å². The number of hydrogen-bond donors (Lipinski definition) is 2. The van der Waals surface area contributed by atoms with E-state index in [4.69, 9.17) is 0 Å². The van der Waals surface area contributed by atoms with Gasteiger partial charge in [-0.1, -0.05) is 6.07 Å². The fourth-order valence-electron chi connectivity index (χ4n) is 1.80. The van der Waals surface area contributed by atoms with Gasteiger partial charge < -0.3 is 0 Å². The van der Waals surface area contributed by atoms with Crippen LogP contribution in [-0.4, -0.2) is 28.6 Å². The van der Waals surface area contributed by atoms with E-state index in [1.807, 2.05) is 0 Å². The topological polar surface area (TPSA) is 105 Å². The molecule has 2 aliphatic rings. The summed E-state index contributed by atoms with van der Waals surface area (Å²) in [4.78, 5) is 50.7. The van der Waals surface area contributed by atoms with Crippen LogP contribution in [0.15, 0.2) is 40.3 Å². The van der Waals surface area contributed by atoms with Crippen molar-refractivity contribution in [2.75, 3.05) is 0 Å². The number of carbonyl (C=O) groups is 4. The lowest BCUT2D eigenvalue weighted by Crippen LogP contribution is -2.22. The minimum Gasteiger partial charge on any atom is -0.288 e. The van der Waals surface area contributed by atoms with Crippen LogP contribution in [-0.2, 0) is 19.2 Å². The molecule has 7 nitrogen and oxygen atoms in total. The summed E-state index contributed by atoms with van der Waals surface area (Å²) in [5.41, 5.74) is 0.531. The standard InChI is InChI=1S/C13H7N3O4S2/c17-8-5-7(11(18)15-8)21-22-10-9(12(19)16-13(10)20)6-3-1-2-4-14-6/h1-5H,(H,15,17,18)(H,16,19,20). The predicted octanol–water partition coefficient (Wildman–Crippen LogP) is 0.371. The molecule has 3 heterocycles. The van der Waals surface area contributed by atoms with Gasteiger partial charge in [0.15, 0.2) is 0 Å². The Hall–Kier alpha value is -2.39. The minimum absolute atomic E-state index is 0.154. The maximum absolute atomic E-state index is 11.9. The molecule has 1 aromatic rings. The number of carbonyl (C=O) groups excluding carboxylic acids is 4. The predicted molar refractivity (Wildman–Crippen MR) is 80.7 cm³/mol. The number of pyridine rings is 1. The molecule has 3 rings (SSSR count). The van der Waals surface area contributed by atoms with Crippen LogP contribution in [0.3, 0.4) is 0 Å². The monoisotopic (exact) mass is 333 g/mol. The number of imide groups is 2. The van der Waals surface area contributed by atoms with E-state index in [2.05, 4.69) is 15.6 Å². The molecular weight excluding hydrogens is 326 g/mol. The molecule has 4 amide bonds. The molecule has 0 aromatic carbocycles. The Morgan fingerprint density at radius 3 is 2.36 bits per heavy atom. The van der Waals surface area contributed by atoms with Crippen molar-refractivity contribution in [3.05, 3.63) is 46.0 Å². The van der Waals surface area contributed by atoms with Crippen molar-refractivity contribution in [1.82, 2.24) is 15.6 Å². The lowest BCUT2D eigenvalue weighted by Gasteiger charge is -2.02. The van der Waals surface area contributed by atoms with Crippen LogP contribution in [0.2, 0.25) is 0 Å². The summed E-state index contributed by atoms with van der Waals surface area (Å²) >= 11 is 0. The highest BCUT2D eigenvalue weighted by molar-refractivity contribution is 8.80. The average Bonchev–Trinajstić information content (AvgIpc) is 2.96. The summed E-state index contributed by atoms with van der Waals surface area (Å²) in [6.45, 7) is 0. The number of amides is 4. The minimum atomic E-state index is -0.548. The molecule has 1 aromatic heterocycles. The Balaban J connectivity index is 1.89. The zero-order valence-electron chi connectivity index (χ0n) is 10.8. The normalized spacial score (nSPS) is 17.7. The van der Waals surface area contributed by atoms with Crippen molar-refractivity contribution in [2.45, 2.75) is 0 Å². The smallest absolute Gasteiger partial charge is 0.266 e. The summed E-state index contributed by atoms with van der Waals surface area (Å²) < 4.78 is 0. The van der Waals surface area contributed by atoms with E-state index in [0.717, 1.165) is 27.7 Å². The molecule has 2 N–H and O–H groups in total. The van der Waals surface area contributed by atoms with Crippen molar-refractivity contribution >= 4 is 50.8 Å². The second-order valence-corrected chi connectivity index (χ2v) is 6.38. The van der Waals surface area contributed by atoms with E-state index in [0.29, 0.717) is 5.69 Å². The summed E-state index contributed by atoms with van der Waals surface area (Å²) in [6.07, 6.45) is 2.66. The SMILES string of the molecule is O=C1C=C(SSC2=C(c3ccccn3)C(=O)NC2=O)C(=O)N1. The van der Waals surface area contributed by atoms with Gasteiger partial charge in [0.2, 0.25) is 0 Å². The van der Waals surface area contributed by atoms with E-state index in [1.54, 1.807) is 18.2 Å². The van der Waals surface area contributed by atoms with Crippen molar-refractivity contribution in [2.24, 2.45) is 0 Å². The van der Waals surface area contributed by atoms with Gasteiger partial charge >= 0.3 is 0 Å². The molecule has 0 saturated heterocycles. The van der Waals surface area contributed by atoms with Crippen molar-refractivity contribution in [3.8, 4) is 0 Å². The zero-order valence-corrected chi connectivity index (χ0v) is 12.4. The fourth-order valence-corrected chi connectivity index (χ4v) is 4.03. The number of nitrogens with zero attached hydrogens (tertiary/aromatic N) is 1. The summed E-state index contributed by atoms with van der Waals surface area (Å²) in [7, 11) is 1.89. The van der Waals surface area contributed by atoms with Crippen LogP contribution in [0.4, 0.5) is 0 Å². The Kier molecular flexibility index (Phi) is 3.82. The average molecular weight is 333 g/mol. The summed E-state index contributed by atoms with van der Waals surface area (Å²) in [6, 6.07) is 5.01. The third-order valence-corrected chi connectivity index (χ3v) is 5.16. The number of rotatable bonds is 4. The number of nitrogens with one attached hydrogen (secondary N) is 2. The first-order valence-corrected chi connectivity index (χ1v) is 8.14. The van der Waals surface area contributed by atoms with Crippen molar-refractivity contribution in [1.29, 1.82) is 0 Å². The molecule has 0 aliphatic carbocycles. The van der Waals surface area contributed by atoms with Crippen molar-refractivity contribution < 1.29 is 19.2 Å². The van der Waals surface area contributed by atoms with Crippen LogP contribution in [0.25, 0.3) is 5.57 Å². The molecule has 22 heavy (non-hydrogen) atoms. The maximum Gasteiger partial charge on any atom is 0.266 e. The molecule has 0 atom stereocenters. The van der Waals surface area contributed by atoms with Gasteiger partial charge in [-0.05, 0) is 33.7 Å². The number of aromatic nitrogens is 1. The third-order valence-electron chi connectivity index (χ3n) is 2.75. The van der Waals surface area contributed by atoms with E-state index >= 15 is 0 Å². The van der Waals surface area contributed by atoms with Crippen LogP contribution in [0, 0.1) is 0 Å². The highest BCUT2D eigenvalue weighted by Crippen LogP contribution is 2.42. The first-order valence-electron chi connectivity index (χ1n) is 5.99. The van der Waals surface area contributed by atoms with Gasteiger partial charge in [0.1, 0.15) is 0 Å². The van der Waals surface area contributed by atoms with E-state index in [1.165, 1.54) is 6.20 Å². The lowest BCUT2D eigenvalue weighted by molar-refractivity contribution is -0.125. The Labute approximate surface area is 132 Å². The van der Waals surface area contributed by atoms with Gasteiger partial charge in [-0.25, -0.2) is 0 Å². The Morgan fingerprint density at radius 1 is 0.909 bits per heavy atom. The van der Waals surface area contributed by atoms with Gasteiger partial charge in [0.05, 0.1) is 21.1 Å². The van der Waals surface area contributed by atoms with Gasteiger partial charge in [-0.15, -0.1) is 0 Å². The second-order valence-electron chi connectivity index (χ2n) is 4.20. The number of hydrogen-bond acceptors (Lipinski definition) is 7. The van der Waals surface area contributed by atoms with E-state index in [9.17, 15) is 19.2 Å². The first-order chi connectivity index (χ1) is 10.6. The highest BCUT2D eigenvalue weighted by Gasteiger charge is 2.33. The zero-order chi connectivity index (χ0) is 15.7. The van der Waals surface area contributed by atoms with Crippen LogP contribution in [0.1, 0.15) is 5.69 Å². The summed E-state index contributed by atoms with van der Waals surface area (Å²) in [5.74, 6) is -2.10. The van der Waals surface area contributed by atoms with Crippen LogP contribution >= 0.6 is 21.6 Å². The first kappa shape index (κ1) is 14.5. The molecule has 0 fully saturated rings. The van der Waals surface area contributed by atoms with Crippen LogP contribution < -0.4 is 10.6 Å². The highest BCUT2D eigenvalue weighted by atomic mass is 33.1. The fraction of sp³-hybridized carbons (Fsp3) is 0. The van der Waals surface area contributed by atoms with Gasteiger partial charge in [0.25, 0.3) is 23.6 Å². The second kappa shape index (κ2) is 5.78. The molecule has 0 radical (unpaired) electrons. The molecule has 0 unspecified atom stereocenters. The molecule has 110 valence electrons. The molecular formula is C13H7N3O4S2. The van der Waals surface area contributed by atoms with Crippen molar-refractivity contribution in [3.63, 3.8) is 0 Å². The molecule has 0 spiro atoms. The third kappa shape index (κ3) is 2.68. The largest absolute Gasteiger partial charge is 0.288 e. The molecule has 2 aliphatic heterocycles. The summed E-state index contributed by atoms with van der Waals surface area (Å²) in [5, 5.41) is 4.30. The van der Waals surface area contributed by atoms with E-state index < -0.39 is 23.6 Å². The quantitative estimate of drug-likeness (QED) is 0.606. The van der Waals surface area contributed by atoms with Gasteiger partial charge in [-0.2, -0.15) is 0 Å². The van der Waals surface area contributed by atoms with Gasteiger partial charge in [0, 0.05) is 12.3 Å². The van der Waals surface area contributed by atoms with Gasteiger partial charge in [-0.3, -0.25) is 34.8 Å². The molecule has 0 bridgehead atoms. The molecule has 9 heteroatoms. The lowest BCUT2D eigenvalue weighted by atomic mass is 10.2. The van der Waals surface area contributed by atoms with Crippen LogP contribution in [0.5, 0.6) is 0 Å². The Morgan fingerprint density at radius 2 is 1.73 bits per heavy atom. The maximum atomic E-state index is 11.9.